The molecule has 1 saturated heterocycles. The van der Waals surface area contributed by atoms with E-state index in [4.69, 9.17) is 0 Å². The van der Waals surface area contributed by atoms with E-state index in [2.05, 4.69) is 21.0 Å². The summed E-state index contributed by atoms with van der Waals surface area (Å²) in [5.74, 6) is 0.811. The molecule has 0 spiro atoms. The van der Waals surface area contributed by atoms with E-state index in [0.717, 1.165) is 41.3 Å². The lowest BCUT2D eigenvalue weighted by molar-refractivity contribution is -0.900. The molecule has 3 rings (SSSR count). The van der Waals surface area contributed by atoms with E-state index in [1.165, 1.54) is 29.5 Å². The van der Waals surface area contributed by atoms with E-state index in [1.807, 2.05) is 19.1 Å². The number of likely N-dealkylation sites (tertiary alicyclic amines) is 1. The number of carbonyl (C=O) groups excluding carboxylic acids is 1. The van der Waals surface area contributed by atoms with E-state index >= 15 is 0 Å². The molecule has 2 aromatic rings. The minimum atomic E-state index is 0.0877. The maximum Gasteiger partial charge on any atom is 0.279 e. The summed E-state index contributed by atoms with van der Waals surface area (Å²) in [6.45, 7) is 7.00. The molecule has 2 atom stereocenters. The third-order valence-electron chi connectivity index (χ3n) is 4.23. The predicted molar refractivity (Wildman–Crippen MR) is 84.7 cm³/mol. The van der Waals surface area contributed by atoms with Crippen LogP contribution in [0.2, 0.25) is 0 Å². The van der Waals surface area contributed by atoms with Crippen molar-refractivity contribution in [3.05, 3.63) is 17.7 Å². The fraction of sp³-hybridized carbons (Fsp3) is 0.533. The molecule has 0 bridgehead atoms. The van der Waals surface area contributed by atoms with Gasteiger partial charge in [-0.2, -0.15) is 8.75 Å². The summed E-state index contributed by atoms with van der Waals surface area (Å²) in [4.78, 5) is 13.6. The van der Waals surface area contributed by atoms with E-state index < -0.39 is 0 Å². The van der Waals surface area contributed by atoms with Gasteiger partial charge in [0.2, 0.25) is 0 Å². The molecule has 1 fully saturated rings. The van der Waals surface area contributed by atoms with Crippen molar-refractivity contribution in [2.24, 2.45) is 5.92 Å². The average molecular weight is 305 g/mol. The lowest BCUT2D eigenvalue weighted by atomic mass is 10.0. The fourth-order valence-corrected chi connectivity index (χ4v) is 3.68. The van der Waals surface area contributed by atoms with E-state index in [1.54, 1.807) is 0 Å². The molecule has 1 aromatic carbocycles. The highest BCUT2D eigenvalue weighted by molar-refractivity contribution is 7.00. The van der Waals surface area contributed by atoms with Crippen LogP contribution in [0.3, 0.4) is 0 Å². The second-order valence-electron chi connectivity index (χ2n) is 6.05. The third kappa shape index (κ3) is 3.22. The van der Waals surface area contributed by atoms with Crippen LogP contribution in [0.1, 0.15) is 25.3 Å². The summed E-state index contributed by atoms with van der Waals surface area (Å²) in [6.07, 6.45) is 2.51. The van der Waals surface area contributed by atoms with Crippen molar-refractivity contribution in [1.29, 1.82) is 0 Å². The monoisotopic (exact) mass is 305 g/mol. The number of quaternary nitrogens is 1. The topological polar surface area (TPSA) is 59.3 Å². The Balaban J connectivity index is 1.67. The molecule has 0 radical (unpaired) electrons. The molecule has 0 aliphatic carbocycles. The Morgan fingerprint density at radius 3 is 3.14 bits per heavy atom. The van der Waals surface area contributed by atoms with Gasteiger partial charge >= 0.3 is 0 Å². The van der Waals surface area contributed by atoms with Crippen molar-refractivity contribution in [1.82, 2.24) is 8.75 Å². The Bertz CT molecular complexity index is 654. The highest BCUT2D eigenvalue weighted by Crippen LogP contribution is 2.23. The van der Waals surface area contributed by atoms with Gasteiger partial charge in [0.15, 0.2) is 6.54 Å². The van der Waals surface area contributed by atoms with E-state index in [9.17, 15) is 4.79 Å². The van der Waals surface area contributed by atoms with Gasteiger partial charge in [0.05, 0.1) is 24.8 Å². The van der Waals surface area contributed by atoms with Crippen molar-refractivity contribution >= 4 is 34.4 Å². The van der Waals surface area contributed by atoms with Gasteiger partial charge in [-0.1, -0.05) is 6.92 Å². The quantitative estimate of drug-likeness (QED) is 0.897. The zero-order valence-electron chi connectivity index (χ0n) is 12.5. The van der Waals surface area contributed by atoms with Crippen LogP contribution in [-0.4, -0.2) is 34.3 Å². The number of nitrogens with zero attached hydrogens (tertiary/aromatic N) is 2. The molecule has 1 amide bonds. The van der Waals surface area contributed by atoms with Gasteiger partial charge in [-0.15, -0.1) is 0 Å². The number of nitrogens with one attached hydrogen (secondary N) is 2. The van der Waals surface area contributed by atoms with Gasteiger partial charge < -0.3 is 10.2 Å². The summed E-state index contributed by atoms with van der Waals surface area (Å²) in [5, 5.41) is 3.03. The van der Waals surface area contributed by atoms with Crippen molar-refractivity contribution in [2.45, 2.75) is 26.7 Å². The van der Waals surface area contributed by atoms with E-state index in [0.29, 0.717) is 6.54 Å². The van der Waals surface area contributed by atoms with Crippen molar-refractivity contribution in [2.75, 3.05) is 25.0 Å². The summed E-state index contributed by atoms with van der Waals surface area (Å²) in [7, 11) is 0. The first kappa shape index (κ1) is 14.4. The molecule has 5 nitrogen and oxygen atoms in total. The Kier molecular flexibility index (Phi) is 4.17. The normalized spacial score (nSPS) is 22.4. The first-order valence-corrected chi connectivity index (χ1v) is 8.22. The minimum Gasteiger partial charge on any atom is -0.327 e. The van der Waals surface area contributed by atoms with Gasteiger partial charge in [0.1, 0.15) is 11.0 Å². The molecule has 1 aliphatic rings. The van der Waals surface area contributed by atoms with Gasteiger partial charge in [0, 0.05) is 17.2 Å². The molecule has 6 heteroatoms. The third-order valence-corrected chi connectivity index (χ3v) is 4.77. The Morgan fingerprint density at radius 1 is 1.48 bits per heavy atom. The molecule has 21 heavy (non-hydrogen) atoms. The molecule has 1 aliphatic heterocycles. The van der Waals surface area contributed by atoms with Gasteiger partial charge in [-0.25, -0.2) is 0 Å². The zero-order chi connectivity index (χ0) is 14.8. The molecular weight excluding hydrogens is 284 g/mol. The highest BCUT2D eigenvalue weighted by atomic mass is 32.1. The smallest absolute Gasteiger partial charge is 0.279 e. The standard InChI is InChI=1S/C15H20N4OS/c1-10-4-3-7-19(8-10)9-14(20)16-12-5-6-13-15(11(12)2)18-21-17-13/h5-6,10H,3-4,7-9H2,1-2H3,(H,16,20)/p+1/t10-/m0/s1. The van der Waals surface area contributed by atoms with Gasteiger partial charge in [0.25, 0.3) is 5.91 Å². The second kappa shape index (κ2) is 6.07. The van der Waals surface area contributed by atoms with Crippen LogP contribution in [0.5, 0.6) is 0 Å². The number of aromatic nitrogens is 2. The van der Waals surface area contributed by atoms with Crippen LogP contribution in [0.25, 0.3) is 11.0 Å². The first-order valence-electron chi connectivity index (χ1n) is 7.49. The molecular formula is C15H21N4OS+. The number of aryl methyl sites for hydroxylation is 1. The van der Waals surface area contributed by atoms with E-state index in [-0.39, 0.29) is 5.91 Å². The van der Waals surface area contributed by atoms with Gasteiger partial charge in [-0.05, 0) is 31.9 Å². The summed E-state index contributed by atoms with van der Waals surface area (Å²) < 4.78 is 8.50. The summed E-state index contributed by atoms with van der Waals surface area (Å²) >= 11 is 1.21. The highest BCUT2D eigenvalue weighted by Gasteiger charge is 2.22. The molecule has 2 N–H and O–H groups in total. The fourth-order valence-electron chi connectivity index (χ4n) is 3.09. The summed E-state index contributed by atoms with van der Waals surface area (Å²) in [5.41, 5.74) is 3.63. The molecule has 1 aromatic heterocycles. The molecule has 112 valence electrons. The van der Waals surface area contributed by atoms with Crippen LogP contribution in [0.15, 0.2) is 12.1 Å². The van der Waals surface area contributed by atoms with Crippen molar-refractivity contribution < 1.29 is 9.69 Å². The average Bonchev–Trinajstić information content (AvgIpc) is 2.91. The minimum absolute atomic E-state index is 0.0877. The van der Waals surface area contributed by atoms with Crippen LogP contribution < -0.4 is 10.2 Å². The van der Waals surface area contributed by atoms with Crippen LogP contribution >= 0.6 is 11.7 Å². The number of fused-ring (bicyclic) bond motifs is 1. The number of carbonyl (C=O) groups is 1. The first-order chi connectivity index (χ1) is 10.1. The molecule has 2 heterocycles. The number of rotatable bonds is 3. The Labute approximate surface area is 128 Å². The number of hydrogen-bond acceptors (Lipinski definition) is 4. The lowest BCUT2D eigenvalue weighted by Gasteiger charge is -2.27. The maximum absolute atomic E-state index is 12.2. The second-order valence-corrected chi connectivity index (χ2v) is 6.58. The molecule has 1 unspecified atom stereocenters. The number of anilines is 1. The number of piperidine rings is 1. The van der Waals surface area contributed by atoms with Crippen molar-refractivity contribution in [3.63, 3.8) is 0 Å². The zero-order valence-corrected chi connectivity index (χ0v) is 13.3. The lowest BCUT2D eigenvalue weighted by Crippen LogP contribution is -3.14. The number of amides is 1. The van der Waals surface area contributed by atoms with Crippen LogP contribution in [0, 0.1) is 12.8 Å². The number of benzene rings is 1. The van der Waals surface area contributed by atoms with Crippen molar-refractivity contribution in [3.8, 4) is 0 Å². The molecule has 0 saturated carbocycles. The predicted octanol–water partition coefficient (Wildman–Crippen LogP) is 1.25. The Morgan fingerprint density at radius 2 is 2.33 bits per heavy atom. The van der Waals surface area contributed by atoms with Gasteiger partial charge in [-0.3, -0.25) is 4.79 Å². The largest absolute Gasteiger partial charge is 0.327 e. The van der Waals surface area contributed by atoms with Crippen LogP contribution in [-0.2, 0) is 4.79 Å². The van der Waals surface area contributed by atoms with Crippen LogP contribution in [0.4, 0.5) is 5.69 Å². The maximum atomic E-state index is 12.2. The SMILES string of the molecule is Cc1c(NC(=O)C[NH+]2CCC[C@H](C)C2)ccc2nsnc12. The Hall–Kier alpha value is -1.53. The summed E-state index contributed by atoms with van der Waals surface area (Å²) in [6, 6.07) is 3.84. The number of hydrogen-bond donors (Lipinski definition) is 2.